The van der Waals surface area contributed by atoms with E-state index in [0.717, 1.165) is 31.7 Å². The number of benzene rings is 1. The molecule has 1 saturated carbocycles. The quantitative estimate of drug-likeness (QED) is 0.907. The molecule has 0 radical (unpaired) electrons. The molecule has 1 aromatic carbocycles. The molecule has 25 heavy (non-hydrogen) atoms. The molecule has 0 bridgehead atoms. The van der Waals surface area contributed by atoms with Crippen LogP contribution in [0.1, 0.15) is 44.2 Å². The summed E-state index contributed by atoms with van der Waals surface area (Å²) in [6.45, 7) is 4.73. The van der Waals surface area contributed by atoms with Crippen LogP contribution in [0.25, 0.3) is 0 Å². The summed E-state index contributed by atoms with van der Waals surface area (Å²) in [7, 11) is 0. The molecule has 0 spiro atoms. The van der Waals surface area contributed by atoms with Crippen LogP contribution in [0.15, 0.2) is 18.2 Å². The Balaban J connectivity index is 1.61. The number of amides is 1. The van der Waals surface area contributed by atoms with Crippen LogP contribution in [0.2, 0.25) is 0 Å². The highest BCUT2D eigenvalue weighted by Gasteiger charge is 2.33. The first-order valence-corrected chi connectivity index (χ1v) is 9.23. The van der Waals surface area contributed by atoms with Crippen molar-refractivity contribution in [3.05, 3.63) is 35.4 Å². The normalized spacial score (nSPS) is 26.0. The number of hydrogen-bond donors (Lipinski definition) is 1. The largest absolute Gasteiger partial charge is 0.340 e. The van der Waals surface area contributed by atoms with Gasteiger partial charge in [0, 0.05) is 55.8 Å². The Kier molecular flexibility index (Phi) is 5.69. The van der Waals surface area contributed by atoms with Gasteiger partial charge in [0.1, 0.15) is 11.6 Å². The molecular formula is C19H27F2N3O. The highest BCUT2D eigenvalue weighted by molar-refractivity contribution is 5.79. The second-order valence-corrected chi connectivity index (χ2v) is 7.22. The number of hydrogen-bond acceptors (Lipinski definition) is 3. The van der Waals surface area contributed by atoms with Crippen molar-refractivity contribution in [2.24, 2.45) is 11.7 Å². The van der Waals surface area contributed by atoms with Crippen LogP contribution in [0.4, 0.5) is 8.78 Å². The molecule has 1 aromatic rings. The zero-order valence-electron chi connectivity index (χ0n) is 14.8. The van der Waals surface area contributed by atoms with Crippen LogP contribution in [0, 0.1) is 17.6 Å². The van der Waals surface area contributed by atoms with Crippen LogP contribution in [0.3, 0.4) is 0 Å². The number of nitrogens with zero attached hydrogens (tertiary/aromatic N) is 2. The predicted octanol–water partition coefficient (Wildman–Crippen LogP) is 2.69. The van der Waals surface area contributed by atoms with Gasteiger partial charge in [-0.3, -0.25) is 9.69 Å². The molecule has 3 atom stereocenters. The average molecular weight is 351 g/mol. The molecule has 1 aliphatic heterocycles. The van der Waals surface area contributed by atoms with E-state index in [1.54, 1.807) is 0 Å². The van der Waals surface area contributed by atoms with Crippen LogP contribution in [-0.2, 0) is 4.79 Å². The zero-order valence-corrected chi connectivity index (χ0v) is 14.8. The third-order valence-corrected chi connectivity index (χ3v) is 5.60. The Morgan fingerprint density at radius 1 is 1.24 bits per heavy atom. The summed E-state index contributed by atoms with van der Waals surface area (Å²) in [4.78, 5) is 16.7. The molecule has 6 heteroatoms. The lowest BCUT2D eigenvalue weighted by Gasteiger charge is -2.40. The Morgan fingerprint density at radius 3 is 2.52 bits per heavy atom. The van der Waals surface area contributed by atoms with Crippen molar-refractivity contribution in [1.82, 2.24) is 9.80 Å². The topological polar surface area (TPSA) is 49.6 Å². The van der Waals surface area contributed by atoms with Crippen LogP contribution in [-0.4, -0.2) is 47.9 Å². The van der Waals surface area contributed by atoms with Gasteiger partial charge in [-0.25, -0.2) is 8.78 Å². The minimum absolute atomic E-state index is 0.0677. The van der Waals surface area contributed by atoms with E-state index in [4.69, 9.17) is 5.73 Å². The monoisotopic (exact) mass is 351 g/mol. The summed E-state index contributed by atoms with van der Waals surface area (Å²) in [5.74, 6) is -0.765. The van der Waals surface area contributed by atoms with Crippen LogP contribution < -0.4 is 5.73 Å². The minimum atomic E-state index is -0.554. The molecule has 2 fully saturated rings. The number of halogens is 2. The number of carbonyl (C=O) groups is 1. The lowest BCUT2D eigenvalue weighted by molar-refractivity contribution is -0.137. The third-order valence-electron chi connectivity index (χ3n) is 5.60. The second kappa shape index (κ2) is 7.79. The van der Waals surface area contributed by atoms with Gasteiger partial charge in [-0.2, -0.15) is 0 Å². The van der Waals surface area contributed by atoms with E-state index in [9.17, 15) is 13.6 Å². The average Bonchev–Trinajstić information content (AvgIpc) is 3.04. The molecule has 1 amide bonds. The molecule has 1 aliphatic carbocycles. The fourth-order valence-electron chi connectivity index (χ4n) is 4.20. The van der Waals surface area contributed by atoms with Crippen molar-refractivity contribution < 1.29 is 13.6 Å². The standard InChI is InChI=1S/C19H27F2N3O/c1-2-18(16-6-4-14(20)12-17(16)21)23-7-9-24(10-8-23)19(25)13-3-5-15(22)11-13/h4,6,12-13,15,18H,2-3,5,7-11,22H2,1H3. The van der Waals surface area contributed by atoms with Crippen molar-refractivity contribution in [2.75, 3.05) is 26.2 Å². The van der Waals surface area contributed by atoms with E-state index in [-0.39, 0.29) is 23.9 Å². The number of piperazine rings is 1. The van der Waals surface area contributed by atoms with Gasteiger partial charge in [-0.05, 0) is 31.7 Å². The Bertz CT molecular complexity index is 617. The van der Waals surface area contributed by atoms with Crippen molar-refractivity contribution in [2.45, 2.75) is 44.7 Å². The van der Waals surface area contributed by atoms with Crippen molar-refractivity contribution in [3.8, 4) is 0 Å². The SMILES string of the molecule is CCC(c1ccc(F)cc1F)N1CCN(C(=O)C2CCC(N)C2)CC1. The van der Waals surface area contributed by atoms with Gasteiger partial charge in [0.2, 0.25) is 5.91 Å². The summed E-state index contributed by atoms with van der Waals surface area (Å²) in [6, 6.07) is 3.86. The van der Waals surface area contributed by atoms with Crippen molar-refractivity contribution in [1.29, 1.82) is 0 Å². The van der Waals surface area contributed by atoms with Crippen LogP contribution >= 0.6 is 0 Å². The Hall–Kier alpha value is -1.53. The van der Waals surface area contributed by atoms with Gasteiger partial charge in [0.15, 0.2) is 0 Å². The van der Waals surface area contributed by atoms with Crippen molar-refractivity contribution in [3.63, 3.8) is 0 Å². The maximum atomic E-state index is 14.1. The third kappa shape index (κ3) is 4.01. The fourth-order valence-corrected chi connectivity index (χ4v) is 4.20. The molecule has 2 N–H and O–H groups in total. The molecule has 2 aliphatic rings. The van der Waals surface area contributed by atoms with E-state index in [0.29, 0.717) is 31.7 Å². The molecule has 4 nitrogen and oxygen atoms in total. The van der Waals surface area contributed by atoms with Crippen molar-refractivity contribution >= 4 is 5.91 Å². The first-order chi connectivity index (χ1) is 12.0. The van der Waals surface area contributed by atoms with Gasteiger partial charge < -0.3 is 10.6 Å². The Labute approximate surface area is 148 Å². The predicted molar refractivity (Wildman–Crippen MR) is 92.9 cm³/mol. The van der Waals surface area contributed by atoms with Crippen LogP contribution in [0.5, 0.6) is 0 Å². The molecule has 3 unspecified atom stereocenters. The molecule has 138 valence electrons. The summed E-state index contributed by atoms with van der Waals surface area (Å²) >= 11 is 0. The lowest BCUT2D eigenvalue weighted by Crippen LogP contribution is -2.51. The van der Waals surface area contributed by atoms with Gasteiger partial charge in [-0.15, -0.1) is 0 Å². The maximum Gasteiger partial charge on any atom is 0.225 e. The first-order valence-electron chi connectivity index (χ1n) is 9.23. The van der Waals surface area contributed by atoms with Gasteiger partial charge in [-0.1, -0.05) is 13.0 Å². The second-order valence-electron chi connectivity index (χ2n) is 7.22. The van der Waals surface area contributed by atoms with Gasteiger partial charge in [0.25, 0.3) is 0 Å². The molecule has 1 heterocycles. The lowest BCUT2D eigenvalue weighted by atomic mass is 10.0. The number of rotatable bonds is 4. The van der Waals surface area contributed by atoms with E-state index in [1.807, 2.05) is 11.8 Å². The molecule has 3 rings (SSSR count). The van der Waals surface area contributed by atoms with Gasteiger partial charge >= 0.3 is 0 Å². The maximum absolute atomic E-state index is 14.1. The molecule has 0 aromatic heterocycles. The van der Waals surface area contributed by atoms with E-state index in [2.05, 4.69) is 4.90 Å². The number of nitrogens with two attached hydrogens (primary N) is 1. The molecular weight excluding hydrogens is 324 g/mol. The zero-order chi connectivity index (χ0) is 18.0. The number of carbonyl (C=O) groups excluding carboxylic acids is 1. The first kappa shape index (κ1) is 18.3. The highest BCUT2D eigenvalue weighted by Crippen LogP contribution is 2.30. The van der Waals surface area contributed by atoms with Gasteiger partial charge in [0.05, 0.1) is 0 Å². The smallest absolute Gasteiger partial charge is 0.225 e. The highest BCUT2D eigenvalue weighted by atomic mass is 19.1. The minimum Gasteiger partial charge on any atom is -0.340 e. The van der Waals surface area contributed by atoms with E-state index in [1.165, 1.54) is 12.1 Å². The summed E-state index contributed by atoms with van der Waals surface area (Å²) < 4.78 is 27.3. The Morgan fingerprint density at radius 2 is 1.96 bits per heavy atom. The summed E-state index contributed by atoms with van der Waals surface area (Å²) in [5, 5.41) is 0. The van der Waals surface area contributed by atoms with E-state index >= 15 is 0 Å². The summed E-state index contributed by atoms with van der Waals surface area (Å²) in [6.07, 6.45) is 3.35. The summed E-state index contributed by atoms with van der Waals surface area (Å²) in [5.41, 5.74) is 6.45. The van der Waals surface area contributed by atoms with E-state index < -0.39 is 11.6 Å². The molecule has 1 saturated heterocycles. The fraction of sp³-hybridized carbons (Fsp3) is 0.632.